The Bertz CT molecular complexity index is 1670. The highest BCUT2D eigenvalue weighted by Crippen LogP contribution is 2.38. The summed E-state index contributed by atoms with van der Waals surface area (Å²) in [6.07, 6.45) is 97.6. The third kappa shape index (κ3) is 71.4. The minimum atomic E-state index is -4.61. The second kappa shape index (κ2) is 69.3. The number of carbonyl (C=O) groups is 1. The molecule has 3 atom stereocenters. The van der Waals surface area contributed by atoms with Gasteiger partial charge in [-0.05, 0) is 64.2 Å². The van der Waals surface area contributed by atoms with E-state index in [1.54, 1.807) is 6.08 Å². The molecule has 0 rings (SSSR count). The van der Waals surface area contributed by atoms with Gasteiger partial charge in [0.15, 0.2) is 0 Å². The molecule has 0 aliphatic rings. The second-order valence-corrected chi connectivity index (χ2v) is 28.7. The average Bonchev–Trinajstić information content (AvgIpc) is 3.70. The van der Waals surface area contributed by atoms with Gasteiger partial charge in [-0.15, -0.1) is 0 Å². The zero-order chi connectivity index (χ0) is 64.1. The van der Waals surface area contributed by atoms with Gasteiger partial charge < -0.3 is 28.8 Å². The minimum Gasteiger partial charge on any atom is -0.756 e. The number of rotatable bonds is 71. The lowest BCUT2D eigenvalue weighted by Gasteiger charge is -2.29. The van der Waals surface area contributed by atoms with Gasteiger partial charge in [-0.2, -0.15) is 0 Å². The van der Waals surface area contributed by atoms with Crippen molar-refractivity contribution in [1.29, 1.82) is 0 Å². The number of aliphatic hydroxyl groups excluding tert-OH is 1. The zero-order valence-electron chi connectivity index (χ0n) is 59.2. The number of phosphoric ester groups is 1. The van der Waals surface area contributed by atoms with E-state index in [2.05, 4.69) is 79.9 Å². The van der Waals surface area contributed by atoms with E-state index in [9.17, 15) is 19.4 Å². The van der Waals surface area contributed by atoms with Crippen LogP contribution in [-0.4, -0.2) is 68.5 Å². The van der Waals surface area contributed by atoms with Gasteiger partial charge >= 0.3 is 0 Å². The van der Waals surface area contributed by atoms with E-state index in [4.69, 9.17) is 9.05 Å². The predicted molar refractivity (Wildman–Crippen MR) is 385 cm³/mol. The van der Waals surface area contributed by atoms with E-state index < -0.39 is 20.0 Å². The van der Waals surface area contributed by atoms with Crippen LogP contribution in [0.5, 0.6) is 0 Å². The van der Waals surface area contributed by atoms with Crippen LogP contribution in [-0.2, 0) is 18.4 Å². The summed E-state index contributed by atoms with van der Waals surface area (Å²) in [5, 5.41) is 14.0. The standard InChI is InChI=1S/C79H149N2O6P/c1-6-8-10-12-14-16-18-20-22-24-26-28-30-32-34-36-37-38-39-40-41-42-43-45-47-49-51-53-55-57-59-61-63-65-67-69-71-73-79(83)80-77(76-87-88(84,85)86-75-74-81(3,4)5)78(82)72-70-68-66-64-62-60-58-56-54-52-50-48-46-44-35-33-31-29-27-25-23-21-19-17-15-13-11-9-7-2/h8,10,14,16,20,22,26,28,32,34,70,72,77-78,82H,6-7,9,11-13,15,17-19,21,23-25,27,29-31,33,35-69,71,73-76H2,1-5H3,(H-,80,83,84,85)/b10-8-,16-14-,22-20-,28-26-,34-32-,72-70+. The van der Waals surface area contributed by atoms with Gasteiger partial charge in [-0.1, -0.05) is 376 Å². The molecule has 1 amide bonds. The molecule has 8 nitrogen and oxygen atoms in total. The number of amides is 1. The van der Waals surface area contributed by atoms with E-state index >= 15 is 0 Å². The Morgan fingerprint density at radius 2 is 0.693 bits per heavy atom. The molecule has 9 heteroatoms. The summed E-state index contributed by atoms with van der Waals surface area (Å²) in [7, 11) is 1.28. The normalized spacial score (nSPS) is 13.9. The Labute approximate surface area is 548 Å². The number of aliphatic hydroxyl groups is 1. The molecule has 0 radical (unpaired) electrons. The molecule has 0 spiro atoms. The summed E-state index contributed by atoms with van der Waals surface area (Å²) in [6.45, 7) is 4.59. The zero-order valence-corrected chi connectivity index (χ0v) is 60.1. The third-order valence-electron chi connectivity index (χ3n) is 17.4. The second-order valence-electron chi connectivity index (χ2n) is 27.3. The molecule has 0 saturated heterocycles. The van der Waals surface area contributed by atoms with Crippen LogP contribution in [0.3, 0.4) is 0 Å². The van der Waals surface area contributed by atoms with Crippen LogP contribution < -0.4 is 10.2 Å². The highest BCUT2D eigenvalue weighted by Gasteiger charge is 2.23. The summed E-state index contributed by atoms with van der Waals surface area (Å²) in [5.41, 5.74) is 0. The summed E-state index contributed by atoms with van der Waals surface area (Å²) in [5.74, 6) is -0.191. The summed E-state index contributed by atoms with van der Waals surface area (Å²) >= 11 is 0. The van der Waals surface area contributed by atoms with Gasteiger partial charge in [0.25, 0.3) is 7.82 Å². The maximum absolute atomic E-state index is 13.1. The Kier molecular flexibility index (Phi) is 67.7. The van der Waals surface area contributed by atoms with E-state index in [-0.39, 0.29) is 19.1 Å². The van der Waals surface area contributed by atoms with Crippen molar-refractivity contribution in [2.45, 2.75) is 386 Å². The highest BCUT2D eigenvalue weighted by molar-refractivity contribution is 7.45. The quantitative estimate of drug-likeness (QED) is 0.0272. The lowest BCUT2D eigenvalue weighted by Crippen LogP contribution is -2.45. The number of nitrogens with zero attached hydrogens (tertiary/aromatic N) is 1. The van der Waals surface area contributed by atoms with Crippen LogP contribution in [0.15, 0.2) is 72.9 Å². The van der Waals surface area contributed by atoms with E-state index in [1.165, 1.54) is 283 Å². The molecule has 0 fully saturated rings. The lowest BCUT2D eigenvalue weighted by molar-refractivity contribution is -0.870. The molecule has 0 aliphatic heterocycles. The fourth-order valence-electron chi connectivity index (χ4n) is 11.5. The fourth-order valence-corrected chi connectivity index (χ4v) is 12.3. The van der Waals surface area contributed by atoms with Crippen LogP contribution in [0.2, 0.25) is 0 Å². The number of quaternary nitrogens is 1. The van der Waals surface area contributed by atoms with Crippen molar-refractivity contribution in [3.63, 3.8) is 0 Å². The molecule has 0 aromatic carbocycles. The first-order valence-corrected chi connectivity index (χ1v) is 39.8. The number of unbranched alkanes of at least 4 members (excludes halogenated alkanes) is 48. The van der Waals surface area contributed by atoms with Crippen molar-refractivity contribution in [3.05, 3.63) is 72.9 Å². The van der Waals surface area contributed by atoms with Crippen LogP contribution in [0, 0.1) is 0 Å². The SMILES string of the molecule is CC/C=C\C/C=C\C/C=C\C/C=C\C/C=C\CCCCCCCCCCCCCCCCCCCCCCCC(=O)NC(COP(=O)([O-])OCC[N+](C)(C)C)C(O)/C=C/CCCCCCCCCCCCCCCCCCCCCCCCCCCCC. The van der Waals surface area contributed by atoms with Crippen molar-refractivity contribution in [2.24, 2.45) is 0 Å². The van der Waals surface area contributed by atoms with Crippen molar-refractivity contribution < 1.29 is 32.9 Å². The Morgan fingerprint density at radius 1 is 0.409 bits per heavy atom. The molecule has 88 heavy (non-hydrogen) atoms. The van der Waals surface area contributed by atoms with E-state index in [0.717, 1.165) is 70.6 Å². The van der Waals surface area contributed by atoms with Gasteiger partial charge in [-0.25, -0.2) is 0 Å². The summed E-state index contributed by atoms with van der Waals surface area (Å²) < 4.78 is 23.5. The number of carbonyl (C=O) groups excluding carboxylic acids is 1. The first kappa shape index (κ1) is 85.9. The maximum Gasteiger partial charge on any atom is 0.268 e. The number of hydrogen-bond donors (Lipinski definition) is 2. The minimum absolute atomic E-state index is 0.000345. The molecule has 516 valence electrons. The number of hydrogen-bond acceptors (Lipinski definition) is 6. The van der Waals surface area contributed by atoms with Crippen molar-refractivity contribution in [3.8, 4) is 0 Å². The summed E-state index contributed by atoms with van der Waals surface area (Å²) in [6, 6.07) is -0.889. The number of nitrogens with one attached hydrogen (secondary N) is 1. The average molecular weight is 1250 g/mol. The number of allylic oxidation sites excluding steroid dienone is 11. The number of phosphoric acid groups is 1. The molecular weight excluding hydrogens is 1100 g/mol. The van der Waals surface area contributed by atoms with Gasteiger partial charge in [0.1, 0.15) is 13.2 Å². The molecular formula is C79H149N2O6P. The predicted octanol–water partition coefficient (Wildman–Crippen LogP) is 24.3. The first-order chi connectivity index (χ1) is 43.0. The van der Waals surface area contributed by atoms with Crippen LogP contribution in [0.25, 0.3) is 0 Å². The van der Waals surface area contributed by atoms with Gasteiger partial charge in [0.2, 0.25) is 5.91 Å². The van der Waals surface area contributed by atoms with E-state index in [0.29, 0.717) is 17.4 Å². The van der Waals surface area contributed by atoms with Crippen molar-refractivity contribution in [2.75, 3.05) is 40.9 Å². The molecule has 2 N–H and O–H groups in total. The highest BCUT2D eigenvalue weighted by atomic mass is 31.2. The third-order valence-corrected chi connectivity index (χ3v) is 18.4. The van der Waals surface area contributed by atoms with Crippen molar-refractivity contribution >= 4 is 13.7 Å². The Balaban J connectivity index is 3.98. The van der Waals surface area contributed by atoms with Crippen molar-refractivity contribution in [1.82, 2.24) is 5.32 Å². The van der Waals surface area contributed by atoms with Crippen LogP contribution in [0.1, 0.15) is 373 Å². The smallest absolute Gasteiger partial charge is 0.268 e. The largest absolute Gasteiger partial charge is 0.756 e. The topological polar surface area (TPSA) is 108 Å². The molecule has 0 bridgehead atoms. The first-order valence-electron chi connectivity index (χ1n) is 38.3. The molecule has 0 aromatic heterocycles. The van der Waals surface area contributed by atoms with E-state index in [1.807, 2.05) is 27.2 Å². The number of likely N-dealkylation sites (N-methyl/N-ethyl adjacent to an activating group) is 1. The molecule has 0 saturated carbocycles. The molecule has 0 heterocycles. The molecule has 0 aliphatic carbocycles. The fraction of sp³-hybridized carbons (Fsp3) is 0.835. The Hall–Kier alpha value is -2.06. The lowest BCUT2D eigenvalue weighted by atomic mass is 10.0. The van der Waals surface area contributed by atoms with Crippen LogP contribution in [0.4, 0.5) is 0 Å². The van der Waals surface area contributed by atoms with Gasteiger partial charge in [-0.3, -0.25) is 9.36 Å². The molecule has 0 aromatic rings. The molecule has 3 unspecified atom stereocenters. The van der Waals surface area contributed by atoms with Crippen LogP contribution >= 0.6 is 7.82 Å². The Morgan fingerprint density at radius 3 is 1.01 bits per heavy atom. The maximum atomic E-state index is 13.1. The van der Waals surface area contributed by atoms with Gasteiger partial charge in [0.05, 0.1) is 39.9 Å². The van der Waals surface area contributed by atoms with Gasteiger partial charge in [0, 0.05) is 6.42 Å². The summed E-state index contributed by atoms with van der Waals surface area (Å²) in [4.78, 5) is 25.7. The monoisotopic (exact) mass is 1250 g/mol.